The Balaban J connectivity index is 3.32. The fraction of sp³-hybridized carbons (Fsp3) is 0.250. The zero-order chi connectivity index (χ0) is 7.78. The Labute approximate surface area is 63.0 Å². The van der Waals surface area contributed by atoms with Gasteiger partial charge in [-0.3, -0.25) is 0 Å². The van der Waals surface area contributed by atoms with E-state index in [9.17, 15) is 8.42 Å². The van der Waals surface area contributed by atoms with Crippen molar-refractivity contribution >= 4 is 19.9 Å². The summed E-state index contributed by atoms with van der Waals surface area (Å²) < 4.78 is 21.9. The zero-order valence-electron chi connectivity index (χ0n) is 5.15. The van der Waals surface area contributed by atoms with E-state index in [0.717, 1.165) is 4.09 Å². The molecule has 0 spiro atoms. The summed E-state index contributed by atoms with van der Waals surface area (Å²) in [5.41, 5.74) is 0.495. The highest BCUT2D eigenvalue weighted by molar-refractivity contribution is 8.12. The van der Waals surface area contributed by atoms with Gasteiger partial charge in [0.15, 0.2) is 0 Å². The third kappa shape index (κ3) is 1.30. The van der Waals surface area contributed by atoms with E-state index < -0.39 is 9.24 Å². The van der Waals surface area contributed by atoms with Crippen molar-refractivity contribution in [3.05, 3.63) is 18.0 Å². The van der Waals surface area contributed by atoms with Gasteiger partial charge in [0.2, 0.25) is 0 Å². The average Bonchev–Trinajstić information content (AvgIpc) is 2.11. The van der Waals surface area contributed by atoms with Crippen LogP contribution >= 0.6 is 10.7 Å². The van der Waals surface area contributed by atoms with Crippen LogP contribution in [-0.2, 0) is 9.24 Å². The maximum absolute atomic E-state index is 10.6. The Bertz CT molecular complexity index is 329. The first kappa shape index (κ1) is 7.56. The van der Waals surface area contributed by atoms with Gasteiger partial charge < -0.3 is 0 Å². The molecule has 1 rings (SSSR count). The number of aromatic nitrogens is 2. The Kier molecular flexibility index (Phi) is 1.70. The molecule has 0 fully saturated rings. The highest BCUT2D eigenvalue weighted by atomic mass is 35.7. The largest absolute Gasteiger partial charge is 0.340 e. The van der Waals surface area contributed by atoms with Crippen LogP contribution in [-0.4, -0.2) is 17.6 Å². The summed E-state index contributed by atoms with van der Waals surface area (Å²) in [6.07, 6.45) is 1.37. The van der Waals surface area contributed by atoms with E-state index in [2.05, 4.69) is 5.10 Å². The molecule has 0 amide bonds. The first-order valence-corrected chi connectivity index (χ1v) is 4.74. The summed E-state index contributed by atoms with van der Waals surface area (Å²) >= 11 is 0. The maximum atomic E-state index is 10.6. The van der Waals surface area contributed by atoms with Crippen molar-refractivity contribution in [1.29, 1.82) is 0 Å². The fourth-order valence-electron chi connectivity index (χ4n) is 0.585. The second-order valence-electron chi connectivity index (χ2n) is 1.76. The SMILES string of the molecule is Cc1ccnn1S(=O)(=O)Cl. The number of hydrogen-bond acceptors (Lipinski definition) is 3. The number of nitrogens with zero attached hydrogens (tertiary/aromatic N) is 2. The molecule has 1 aromatic heterocycles. The van der Waals surface area contributed by atoms with Gasteiger partial charge in [0.25, 0.3) is 0 Å². The monoisotopic (exact) mass is 180 g/mol. The topological polar surface area (TPSA) is 52.0 Å². The number of rotatable bonds is 1. The standard InChI is InChI=1S/C4H5ClN2O2S/c1-4-2-3-6-7(4)10(5,8)9/h2-3H,1H3. The molecule has 4 nitrogen and oxygen atoms in total. The third-order valence-electron chi connectivity index (χ3n) is 0.996. The molecule has 56 valence electrons. The van der Waals surface area contributed by atoms with E-state index in [4.69, 9.17) is 10.7 Å². The van der Waals surface area contributed by atoms with Gasteiger partial charge in [-0.2, -0.15) is 13.5 Å². The first-order valence-electron chi connectivity index (χ1n) is 2.47. The molecule has 0 bridgehead atoms. The van der Waals surface area contributed by atoms with Crippen LogP contribution in [0.4, 0.5) is 0 Å². The number of aryl methyl sites for hydroxylation is 1. The van der Waals surface area contributed by atoms with E-state index in [1.54, 1.807) is 13.0 Å². The maximum Gasteiger partial charge on any atom is 0.340 e. The smallest absolute Gasteiger partial charge is 0.187 e. The van der Waals surface area contributed by atoms with E-state index in [1.165, 1.54) is 6.20 Å². The lowest BCUT2D eigenvalue weighted by atomic mass is 10.5. The lowest BCUT2D eigenvalue weighted by molar-refractivity contribution is 0.593. The highest BCUT2D eigenvalue weighted by Gasteiger charge is 2.09. The average molecular weight is 181 g/mol. The van der Waals surface area contributed by atoms with Crippen molar-refractivity contribution in [3.8, 4) is 0 Å². The fourth-order valence-corrected chi connectivity index (χ4v) is 1.59. The highest BCUT2D eigenvalue weighted by Crippen LogP contribution is 2.04. The van der Waals surface area contributed by atoms with Crippen molar-refractivity contribution in [2.24, 2.45) is 0 Å². The second kappa shape index (κ2) is 2.25. The Morgan fingerprint density at radius 1 is 1.70 bits per heavy atom. The van der Waals surface area contributed by atoms with Gasteiger partial charge in [-0.15, -0.1) is 4.09 Å². The summed E-state index contributed by atoms with van der Waals surface area (Å²) in [5, 5.41) is 3.48. The molecule has 0 aliphatic carbocycles. The molecule has 0 unspecified atom stereocenters. The normalized spacial score (nSPS) is 11.8. The summed E-state index contributed by atoms with van der Waals surface area (Å²) in [6.45, 7) is 1.60. The van der Waals surface area contributed by atoms with Crippen molar-refractivity contribution < 1.29 is 8.42 Å². The first-order chi connectivity index (χ1) is 4.52. The molecule has 0 aliphatic rings. The Morgan fingerprint density at radius 2 is 2.30 bits per heavy atom. The molecule has 0 aromatic carbocycles. The molecular weight excluding hydrogens is 176 g/mol. The summed E-state index contributed by atoms with van der Waals surface area (Å²) in [6, 6.07) is 1.56. The van der Waals surface area contributed by atoms with Gasteiger partial charge >= 0.3 is 9.24 Å². The molecule has 0 saturated carbocycles. The molecule has 10 heavy (non-hydrogen) atoms. The number of halogens is 1. The van der Waals surface area contributed by atoms with Crippen LogP contribution in [0.5, 0.6) is 0 Å². The zero-order valence-corrected chi connectivity index (χ0v) is 6.72. The molecule has 1 heterocycles. The van der Waals surface area contributed by atoms with Gasteiger partial charge in [-0.25, -0.2) is 0 Å². The van der Waals surface area contributed by atoms with E-state index in [-0.39, 0.29) is 0 Å². The molecule has 6 heteroatoms. The molecule has 0 saturated heterocycles. The summed E-state index contributed by atoms with van der Waals surface area (Å²) in [7, 11) is 1.27. The number of hydrogen-bond donors (Lipinski definition) is 0. The van der Waals surface area contributed by atoms with E-state index in [0.29, 0.717) is 5.69 Å². The minimum Gasteiger partial charge on any atom is -0.187 e. The van der Waals surface area contributed by atoms with Crippen molar-refractivity contribution in [2.45, 2.75) is 6.92 Å². The van der Waals surface area contributed by atoms with E-state index >= 15 is 0 Å². The molecule has 0 atom stereocenters. The van der Waals surface area contributed by atoms with E-state index in [1.807, 2.05) is 0 Å². The summed E-state index contributed by atoms with van der Waals surface area (Å²) in [5.74, 6) is 0. The van der Waals surface area contributed by atoms with Crippen LogP contribution in [0.2, 0.25) is 0 Å². The molecule has 0 aliphatic heterocycles. The van der Waals surface area contributed by atoms with Gasteiger partial charge in [-0.1, -0.05) is 0 Å². The predicted octanol–water partition coefficient (Wildman–Crippen LogP) is 0.523. The lowest BCUT2D eigenvalue weighted by Gasteiger charge is -1.95. The quantitative estimate of drug-likeness (QED) is 0.593. The van der Waals surface area contributed by atoms with Crippen LogP contribution in [0, 0.1) is 6.92 Å². The van der Waals surface area contributed by atoms with Crippen LogP contribution in [0.25, 0.3) is 0 Å². The molecular formula is C4H5ClN2O2S. The van der Waals surface area contributed by atoms with Gasteiger partial charge in [0, 0.05) is 10.7 Å². The van der Waals surface area contributed by atoms with Gasteiger partial charge in [0.05, 0.1) is 11.9 Å². The third-order valence-corrected chi connectivity index (χ3v) is 2.18. The van der Waals surface area contributed by atoms with Crippen LogP contribution in [0.3, 0.4) is 0 Å². The van der Waals surface area contributed by atoms with Crippen molar-refractivity contribution in [1.82, 2.24) is 9.19 Å². The van der Waals surface area contributed by atoms with Crippen LogP contribution in [0.15, 0.2) is 12.3 Å². The van der Waals surface area contributed by atoms with Crippen LogP contribution < -0.4 is 0 Å². The van der Waals surface area contributed by atoms with Gasteiger partial charge in [-0.05, 0) is 13.0 Å². The minimum absolute atomic E-state index is 0.495. The van der Waals surface area contributed by atoms with Crippen LogP contribution in [0.1, 0.15) is 5.69 Å². The minimum atomic E-state index is -3.71. The Hall–Kier alpha value is -0.550. The molecule has 0 radical (unpaired) electrons. The summed E-state index contributed by atoms with van der Waals surface area (Å²) in [4.78, 5) is 0. The predicted molar refractivity (Wildman–Crippen MR) is 37.1 cm³/mol. The van der Waals surface area contributed by atoms with Gasteiger partial charge in [0.1, 0.15) is 0 Å². The van der Waals surface area contributed by atoms with Crippen molar-refractivity contribution in [3.63, 3.8) is 0 Å². The molecule has 0 N–H and O–H groups in total. The lowest BCUT2D eigenvalue weighted by Crippen LogP contribution is -2.07. The second-order valence-corrected chi connectivity index (χ2v) is 4.10. The molecule has 1 aromatic rings. The van der Waals surface area contributed by atoms with Crippen molar-refractivity contribution in [2.75, 3.05) is 0 Å². The Morgan fingerprint density at radius 3 is 2.50 bits per heavy atom.